The lowest BCUT2D eigenvalue weighted by Crippen LogP contribution is -2.39. The summed E-state index contributed by atoms with van der Waals surface area (Å²) in [6.45, 7) is 2.35. The van der Waals surface area contributed by atoms with Gasteiger partial charge in [0, 0.05) is 45.8 Å². The molecule has 4 N–H and O–H groups in total. The monoisotopic (exact) mass is 392 g/mol. The Hall–Kier alpha value is -2.39. The van der Waals surface area contributed by atoms with E-state index in [0.29, 0.717) is 37.1 Å². The van der Waals surface area contributed by atoms with E-state index >= 15 is 0 Å². The predicted octanol–water partition coefficient (Wildman–Crippen LogP) is 2.98. The minimum Gasteiger partial charge on any atom is -0.464 e. The van der Waals surface area contributed by atoms with Crippen molar-refractivity contribution in [1.82, 2.24) is 9.88 Å². The van der Waals surface area contributed by atoms with Crippen molar-refractivity contribution < 1.29 is 14.7 Å². The number of fused-ring (bicyclic) bond motifs is 1. The highest BCUT2D eigenvalue weighted by Crippen LogP contribution is 2.23. The smallest absolute Gasteiger partial charge is 0.416 e. The number of hydrogen-bond acceptors (Lipinski definition) is 6. The Morgan fingerprint density at radius 1 is 1.37 bits per heavy atom. The highest BCUT2D eigenvalue weighted by Gasteiger charge is 2.21. The second kappa shape index (κ2) is 10.1. The summed E-state index contributed by atoms with van der Waals surface area (Å²) in [6.07, 6.45) is 2.32. The second-order valence-corrected chi connectivity index (χ2v) is 7.18. The number of nitrogens with zero attached hydrogens (tertiary/aromatic N) is 2. The van der Waals surface area contributed by atoms with Crippen LogP contribution in [-0.4, -0.2) is 40.0 Å². The molecule has 27 heavy (non-hydrogen) atoms. The van der Waals surface area contributed by atoms with Gasteiger partial charge in [0.15, 0.2) is 0 Å². The first-order valence-corrected chi connectivity index (χ1v) is 9.69. The minimum atomic E-state index is -1.05. The molecule has 0 aliphatic rings. The molecule has 1 aromatic carbocycles. The molecule has 1 heterocycles. The second-order valence-electron chi connectivity index (χ2n) is 6.44. The number of carbonyl (C=O) groups excluding carboxylic acids is 1. The molecule has 0 unspecified atom stereocenters. The van der Waals surface area contributed by atoms with E-state index in [1.165, 1.54) is 4.57 Å². The van der Waals surface area contributed by atoms with Crippen molar-refractivity contribution in [3.8, 4) is 0 Å². The number of nitrogens with one attached hydrogen (secondary N) is 1. The van der Waals surface area contributed by atoms with E-state index in [2.05, 4.69) is 9.90 Å². The van der Waals surface area contributed by atoms with Crippen molar-refractivity contribution in [3.05, 3.63) is 40.9 Å². The molecule has 1 aromatic heterocycles. The quantitative estimate of drug-likeness (QED) is 0.421. The van der Waals surface area contributed by atoms with Crippen LogP contribution >= 0.6 is 11.9 Å². The van der Waals surface area contributed by atoms with Gasteiger partial charge >= 0.3 is 6.09 Å². The molecule has 0 aliphatic carbocycles. The van der Waals surface area contributed by atoms with E-state index in [9.17, 15) is 19.6 Å². The first-order chi connectivity index (χ1) is 13.0. The summed E-state index contributed by atoms with van der Waals surface area (Å²) >= 11 is 0.834. The zero-order chi connectivity index (χ0) is 19.8. The predicted molar refractivity (Wildman–Crippen MR) is 107 cm³/mol. The summed E-state index contributed by atoms with van der Waals surface area (Å²) < 4.78 is 3.95. The van der Waals surface area contributed by atoms with Crippen molar-refractivity contribution in [2.24, 2.45) is 16.2 Å². The molecule has 0 radical (unpaired) electrons. The molecule has 0 saturated heterocycles. The molecule has 2 rings (SSSR count). The number of benzene rings is 1. The van der Waals surface area contributed by atoms with Crippen LogP contribution < -0.4 is 11.1 Å². The van der Waals surface area contributed by atoms with Gasteiger partial charge in [-0.3, -0.25) is 9.36 Å². The average Bonchev–Trinajstić information content (AvgIpc) is 3.00. The fourth-order valence-corrected chi connectivity index (χ4v) is 3.65. The average molecular weight is 392 g/mol. The van der Waals surface area contributed by atoms with Crippen molar-refractivity contribution >= 4 is 34.9 Å². The lowest BCUT2D eigenvalue weighted by atomic mass is 10.0. The Balaban J connectivity index is 2.09. The van der Waals surface area contributed by atoms with Crippen LogP contribution in [0, 0.1) is 10.8 Å². The van der Waals surface area contributed by atoms with E-state index in [-0.39, 0.29) is 17.9 Å². The molecule has 9 heteroatoms. The summed E-state index contributed by atoms with van der Waals surface area (Å²) in [7, 11) is 0. The van der Waals surface area contributed by atoms with E-state index in [4.69, 9.17) is 5.73 Å². The number of carbonyl (C=O) groups is 2. The third-order valence-corrected chi connectivity index (χ3v) is 5.03. The number of nitroso groups, excluding NO2 is 1. The number of aromatic nitrogens is 1. The first-order valence-electron chi connectivity index (χ1n) is 8.75. The molecular weight excluding hydrogens is 368 g/mol. The van der Waals surface area contributed by atoms with Crippen LogP contribution in [0.15, 0.2) is 35.0 Å². The summed E-state index contributed by atoms with van der Waals surface area (Å²) in [5, 5.41) is 13.2. The number of carboxylic acid groups (broad SMARTS) is 1. The largest absolute Gasteiger partial charge is 0.464 e. The summed E-state index contributed by atoms with van der Waals surface area (Å²) in [4.78, 5) is 34.3. The van der Waals surface area contributed by atoms with Gasteiger partial charge in [0.05, 0.1) is 5.52 Å². The minimum absolute atomic E-state index is 0.144. The van der Waals surface area contributed by atoms with Crippen LogP contribution in [0.5, 0.6) is 0 Å². The number of amides is 1. The normalized spacial score (nSPS) is 13.3. The van der Waals surface area contributed by atoms with Crippen molar-refractivity contribution in [3.63, 3.8) is 0 Å². The van der Waals surface area contributed by atoms with Crippen LogP contribution in [0.1, 0.15) is 25.3 Å². The summed E-state index contributed by atoms with van der Waals surface area (Å²) in [5.74, 6) is -0.159. The van der Waals surface area contributed by atoms with Crippen LogP contribution in [0.4, 0.5) is 4.79 Å². The van der Waals surface area contributed by atoms with Gasteiger partial charge in [-0.1, -0.05) is 18.2 Å². The fraction of sp³-hybridized carbons (Fsp3) is 0.444. The number of nitrogens with two attached hydrogens (primary N) is 1. The fourth-order valence-electron chi connectivity index (χ4n) is 3.09. The van der Waals surface area contributed by atoms with Gasteiger partial charge in [-0.05, 0) is 44.4 Å². The highest BCUT2D eigenvalue weighted by molar-refractivity contribution is 7.97. The van der Waals surface area contributed by atoms with Crippen LogP contribution in [0.2, 0.25) is 0 Å². The molecule has 0 aliphatic heterocycles. The lowest BCUT2D eigenvalue weighted by Gasteiger charge is -2.19. The Kier molecular flexibility index (Phi) is 7.81. The number of para-hydroxylation sites is 1. The van der Waals surface area contributed by atoms with Crippen LogP contribution in [0.25, 0.3) is 10.9 Å². The Bertz CT molecular complexity index is 808. The van der Waals surface area contributed by atoms with E-state index < -0.39 is 6.09 Å². The summed E-state index contributed by atoms with van der Waals surface area (Å²) in [6, 6.07) is 7.07. The van der Waals surface area contributed by atoms with Gasteiger partial charge < -0.3 is 16.2 Å². The summed E-state index contributed by atoms with van der Waals surface area (Å²) in [5.41, 5.74) is 6.98. The molecule has 0 spiro atoms. The zero-order valence-electron chi connectivity index (χ0n) is 15.1. The first kappa shape index (κ1) is 20.9. The van der Waals surface area contributed by atoms with Crippen molar-refractivity contribution in [2.75, 3.05) is 12.3 Å². The molecule has 8 nitrogen and oxygen atoms in total. The van der Waals surface area contributed by atoms with Gasteiger partial charge in [0.1, 0.15) is 0 Å². The maximum absolute atomic E-state index is 12.5. The molecule has 1 amide bonds. The van der Waals surface area contributed by atoms with Gasteiger partial charge in [-0.25, -0.2) is 4.79 Å². The Labute approximate surface area is 161 Å². The molecule has 0 bridgehead atoms. The molecule has 146 valence electrons. The van der Waals surface area contributed by atoms with E-state index in [1.807, 2.05) is 19.1 Å². The zero-order valence-corrected chi connectivity index (χ0v) is 15.9. The maximum Gasteiger partial charge on any atom is 0.416 e. The number of hydrogen-bond donors (Lipinski definition) is 3. The molecule has 2 aromatic rings. The number of rotatable bonds is 10. The Morgan fingerprint density at radius 2 is 2.11 bits per heavy atom. The Morgan fingerprint density at radius 3 is 2.78 bits per heavy atom. The van der Waals surface area contributed by atoms with Crippen LogP contribution in [0.3, 0.4) is 0 Å². The molecule has 0 fully saturated rings. The van der Waals surface area contributed by atoms with Crippen molar-refractivity contribution in [2.45, 2.75) is 32.2 Å². The molecule has 2 atom stereocenters. The third-order valence-electron chi connectivity index (χ3n) is 4.37. The van der Waals surface area contributed by atoms with Gasteiger partial charge in [0.2, 0.25) is 5.91 Å². The SMILES string of the molecule is C[C@H](Cc1cn(C(=O)O)c2ccccc12)NC(=O)[C@H](CCCN)CSN=O. The standard InChI is InChI=1S/C18H24N4O4S/c1-12(20-17(23)13(5-4-8-19)11-27-21-26)9-14-10-22(18(24)25)16-7-3-2-6-15(14)16/h2-3,6-7,10,12-13H,4-5,8-9,11,19H2,1H3,(H,20,23)(H,24,25)/t12-,13-/m1/s1. The van der Waals surface area contributed by atoms with Crippen molar-refractivity contribution in [1.29, 1.82) is 0 Å². The third kappa shape index (κ3) is 5.54. The van der Waals surface area contributed by atoms with Gasteiger partial charge in [-0.2, -0.15) is 0 Å². The molecular formula is C18H24N4O4S. The maximum atomic E-state index is 12.5. The van der Waals surface area contributed by atoms with Gasteiger partial charge in [0.25, 0.3) is 0 Å². The lowest BCUT2D eigenvalue weighted by molar-refractivity contribution is -0.125. The highest BCUT2D eigenvalue weighted by atomic mass is 32.2. The van der Waals surface area contributed by atoms with E-state index in [0.717, 1.165) is 22.9 Å². The van der Waals surface area contributed by atoms with Crippen LogP contribution in [-0.2, 0) is 11.2 Å². The van der Waals surface area contributed by atoms with Gasteiger partial charge in [-0.15, -0.1) is 4.91 Å². The molecule has 0 saturated carbocycles. The topological polar surface area (TPSA) is 127 Å². The van der Waals surface area contributed by atoms with E-state index in [1.54, 1.807) is 18.3 Å².